The van der Waals surface area contributed by atoms with Gasteiger partial charge in [-0.15, -0.1) is 0 Å². The van der Waals surface area contributed by atoms with Crippen LogP contribution >= 0.6 is 23.4 Å². The minimum atomic E-state index is -0.247. The van der Waals surface area contributed by atoms with E-state index in [2.05, 4.69) is 39.0 Å². The molecule has 170 valence electrons. The molecule has 0 aliphatic carbocycles. The van der Waals surface area contributed by atoms with E-state index >= 15 is 0 Å². The summed E-state index contributed by atoms with van der Waals surface area (Å²) in [6.45, 7) is 9.62. The average molecular weight is 468 g/mol. The molecule has 10 heteroatoms. The van der Waals surface area contributed by atoms with Gasteiger partial charge in [-0.2, -0.15) is 15.0 Å². The summed E-state index contributed by atoms with van der Waals surface area (Å²) in [5.41, 5.74) is 0. The second kappa shape index (κ2) is 12.3. The number of hydrogen-bond acceptors (Lipinski definition) is 9. The molecule has 31 heavy (non-hydrogen) atoms. The molecule has 2 atom stereocenters. The lowest BCUT2D eigenvalue weighted by Crippen LogP contribution is -2.25. The molecule has 1 aliphatic heterocycles. The normalized spacial score (nSPS) is 18.2. The molecule has 1 N–H and O–H groups in total. The highest BCUT2D eigenvalue weighted by Crippen LogP contribution is 2.23. The van der Waals surface area contributed by atoms with Crippen LogP contribution in [-0.4, -0.2) is 65.9 Å². The first-order valence-corrected chi connectivity index (χ1v) is 12.0. The van der Waals surface area contributed by atoms with Crippen molar-refractivity contribution in [1.29, 1.82) is 0 Å². The maximum absolute atomic E-state index is 5.94. The molecule has 1 aromatic carbocycles. The van der Waals surface area contributed by atoms with Crippen molar-refractivity contribution in [3.63, 3.8) is 0 Å². The number of rotatable bonds is 12. The smallest absolute Gasteiger partial charge is 0.231 e. The van der Waals surface area contributed by atoms with Gasteiger partial charge in [0.25, 0.3) is 0 Å². The summed E-state index contributed by atoms with van der Waals surface area (Å²) in [7, 11) is 0. The fourth-order valence-electron chi connectivity index (χ4n) is 3.01. The van der Waals surface area contributed by atoms with Gasteiger partial charge in [0.15, 0.2) is 11.4 Å². The number of hydrogen-bond donors (Lipinski definition) is 1. The molecule has 8 nitrogen and oxygen atoms in total. The SMILES string of the molecule is CCNc1nc(SCCC2OCC(COc3ccc(Cl)cc3)O2)nc(N(CC)CC)n1. The van der Waals surface area contributed by atoms with Gasteiger partial charge in [0.05, 0.1) is 6.61 Å². The second-order valence-corrected chi connectivity index (χ2v) is 8.37. The first kappa shape index (κ1) is 23.8. The van der Waals surface area contributed by atoms with E-state index in [0.717, 1.165) is 37.6 Å². The van der Waals surface area contributed by atoms with E-state index in [1.807, 2.05) is 19.1 Å². The molecule has 3 rings (SSSR count). The van der Waals surface area contributed by atoms with Crippen molar-refractivity contribution in [2.75, 3.05) is 48.8 Å². The Labute approximate surface area is 193 Å². The van der Waals surface area contributed by atoms with Crippen LogP contribution in [0.25, 0.3) is 0 Å². The van der Waals surface area contributed by atoms with Gasteiger partial charge in [-0.3, -0.25) is 0 Å². The molecule has 0 spiro atoms. The lowest BCUT2D eigenvalue weighted by molar-refractivity contribution is -0.0635. The Balaban J connectivity index is 1.46. The molecule has 2 aromatic rings. The Morgan fingerprint density at radius 3 is 2.65 bits per heavy atom. The number of nitrogens with zero attached hydrogens (tertiary/aromatic N) is 4. The zero-order valence-corrected chi connectivity index (χ0v) is 19.8. The molecule has 0 saturated carbocycles. The number of benzene rings is 1. The van der Waals surface area contributed by atoms with Gasteiger partial charge in [0, 0.05) is 36.8 Å². The topological polar surface area (TPSA) is 81.6 Å². The highest BCUT2D eigenvalue weighted by Gasteiger charge is 2.26. The fourth-order valence-corrected chi connectivity index (χ4v) is 3.92. The standard InChI is InChI=1S/C21H30ClN5O3S/c1-4-23-19-24-20(27(5-2)6-3)26-21(25-19)31-12-11-18-29-14-17(30-18)13-28-16-9-7-15(22)8-10-16/h7-10,17-18H,4-6,11-14H2,1-3H3,(H,23,24,25,26). The summed E-state index contributed by atoms with van der Waals surface area (Å²) in [6.07, 6.45) is 0.409. The minimum absolute atomic E-state index is 0.0857. The molecule has 0 amide bonds. The third-order valence-corrected chi connectivity index (χ3v) is 5.76. The predicted molar refractivity (Wildman–Crippen MR) is 124 cm³/mol. The van der Waals surface area contributed by atoms with Crippen molar-refractivity contribution >= 4 is 35.3 Å². The summed E-state index contributed by atoms with van der Waals surface area (Å²) in [6, 6.07) is 7.29. The van der Waals surface area contributed by atoms with E-state index < -0.39 is 0 Å². The molecule has 2 heterocycles. The summed E-state index contributed by atoms with van der Waals surface area (Å²) >= 11 is 7.47. The molecule has 1 aliphatic rings. The van der Waals surface area contributed by atoms with Crippen LogP contribution in [0.1, 0.15) is 27.2 Å². The molecule has 0 bridgehead atoms. The Hall–Kier alpha value is -1.81. The van der Waals surface area contributed by atoms with Gasteiger partial charge < -0.3 is 24.4 Å². The number of aromatic nitrogens is 3. The zero-order valence-electron chi connectivity index (χ0n) is 18.2. The summed E-state index contributed by atoms with van der Waals surface area (Å²) in [4.78, 5) is 15.8. The van der Waals surface area contributed by atoms with Gasteiger partial charge in [0.1, 0.15) is 18.5 Å². The maximum atomic E-state index is 5.94. The van der Waals surface area contributed by atoms with Crippen molar-refractivity contribution in [2.45, 2.75) is 44.7 Å². The van der Waals surface area contributed by atoms with Crippen LogP contribution in [0.4, 0.5) is 11.9 Å². The van der Waals surface area contributed by atoms with Crippen molar-refractivity contribution in [3.05, 3.63) is 29.3 Å². The molecular formula is C21H30ClN5O3S. The van der Waals surface area contributed by atoms with Crippen LogP contribution in [0, 0.1) is 0 Å². The van der Waals surface area contributed by atoms with Gasteiger partial charge in [0.2, 0.25) is 11.9 Å². The lowest BCUT2D eigenvalue weighted by Gasteiger charge is -2.19. The number of thioether (sulfide) groups is 1. The van der Waals surface area contributed by atoms with Crippen LogP contribution in [0.3, 0.4) is 0 Å². The summed E-state index contributed by atoms with van der Waals surface area (Å²) in [5, 5.41) is 4.57. The van der Waals surface area contributed by atoms with E-state index in [1.54, 1.807) is 23.9 Å². The third-order valence-electron chi connectivity index (χ3n) is 4.63. The van der Waals surface area contributed by atoms with Gasteiger partial charge in [-0.05, 0) is 45.0 Å². The predicted octanol–water partition coefficient (Wildman–Crippen LogP) is 4.11. The summed E-state index contributed by atoms with van der Waals surface area (Å²) in [5.74, 6) is 2.85. The van der Waals surface area contributed by atoms with E-state index in [1.165, 1.54) is 0 Å². The van der Waals surface area contributed by atoms with Gasteiger partial charge in [-0.1, -0.05) is 23.4 Å². The zero-order chi connectivity index (χ0) is 22.1. The second-order valence-electron chi connectivity index (χ2n) is 6.87. The minimum Gasteiger partial charge on any atom is -0.491 e. The van der Waals surface area contributed by atoms with E-state index in [0.29, 0.717) is 35.3 Å². The highest BCUT2D eigenvalue weighted by atomic mass is 35.5. The van der Waals surface area contributed by atoms with Crippen molar-refractivity contribution in [3.8, 4) is 5.75 Å². The Morgan fingerprint density at radius 1 is 1.16 bits per heavy atom. The van der Waals surface area contributed by atoms with Crippen LogP contribution in [0.2, 0.25) is 5.02 Å². The Kier molecular flexibility index (Phi) is 9.45. The number of nitrogens with one attached hydrogen (secondary N) is 1. The molecule has 1 aromatic heterocycles. The van der Waals surface area contributed by atoms with Gasteiger partial charge in [-0.25, -0.2) is 0 Å². The Bertz CT molecular complexity index is 810. The third kappa shape index (κ3) is 7.38. The molecular weight excluding hydrogens is 438 g/mol. The van der Waals surface area contributed by atoms with Crippen LogP contribution in [-0.2, 0) is 9.47 Å². The van der Waals surface area contributed by atoms with Crippen molar-refractivity contribution < 1.29 is 14.2 Å². The first-order valence-electron chi connectivity index (χ1n) is 10.6. The van der Waals surface area contributed by atoms with E-state index in [-0.39, 0.29) is 12.4 Å². The quantitative estimate of drug-likeness (QED) is 0.463. The van der Waals surface area contributed by atoms with E-state index in [4.69, 9.17) is 25.8 Å². The molecule has 1 saturated heterocycles. The van der Waals surface area contributed by atoms with Crippen LogP contribution < -0.4 is 15.0 Å². The lowest BCUT2D eigenvalue weighted by atomic mass is 10.3. The van der Waals surface area contributed by atoms with Crippen LogP contribution in [0.15, 0.2) is 29.4 Å². The number of anilines is 2. The average Bonchev–Trinajstić information content (AvgIpc) is 3.22. The molecule has 1 fully saturated rings. The van der Waals surface area contributed by atoms with Crippen LogP contribution in [0.5, 0.6) is 5.75 Å². The van der Waals surface area contributed by atoms with Crippen molar-refractivity contribution in [1.82, 2.24) is 15.0 Å². The Morgan fingerprint density at radius 2 is 1.94 bits per heavy atom. The highest BCUT2D eigenvalue weighted by molar-refractivity contribution is 7.99. The largest absolute Gasteiger partial charge is 0.491 e. The molecule has 2 unspecified atom stereocenters. The van der Waals surface area contributed by atoms with Crippen molar-refractivity contribution in [2.24, 2.45) is 0 Å². The monoisotopic (exact) mass is 467 g/mol. The summed E-state index contributed by atoms with van der Waals surface area (Å²) < 4.78 is 17.5. The maximum Gasteiger partial charge on any atom is 0.231 e. The fraction of sp³-hybridized carbons (Fsp3) is 0.571. The van der Waals surface area contributed by atoms with E-state index in [9.17, 15) is 0 Å². The van der Waals surface area contributed by atoms with Gasteiger partial charge >= 0.3 is 0 Å². The number of ether oxygens (including phenoxy) is 3. The first-order chi connectivity index (χ1) is 15.1. The number of halogens is 1. The molecule has 0 radical (unpaired) electrons.